The van der Waals surface area contributed by atoms with Crippen molar-refractivity contribution in [3.05, 3.63) is 59.7 Å². The van der Waals surface area contributed by atoms with Gasteiger partial charge in [-0.25, -0.2) is 4.79 Å². The molecule has 4 heteroatoms. The van der Waals surface area contributed by atoms with Crippen LogP contribution >= 0.6 is 0 Å². The van der Waals surface area contributed by atoms with Gasteiger partial charge in [-0.1, -0.05) is 18.8 Å². The Hall–Kier alpha value is -2.93. The summed E-state index contributed by atoms with van der Waals surface area (Å²) in [5.41, 5.74) is 1.15. The van der Waals surface area contributed by atoms with Gasteiger partial charge in [0, 0.05) is 11.1 Å². The van der Waals surface area contributed by atoms with Gasteiger partial charge in [0.25, 0.3) is 0 Å². The largest absolute Gasteiger partial charge is 0.514 e. The van der Waals surface area contributed by atoms with Crippen molar-refractivity contribution >= 4 is 6.16 Å². The van der Waals surface area contributed by atoms with Crippen LogP contribution in [-0.4, -0.2) is 18.4 Å². The Morgan fingerprint density at radius 2 is 1.38 bits per heavy atom. The highest BCUT2D eigenvalue weighted by atomic mass is 16.7. The maximum absolute atomic E-state index is 11.6. The van der Waals surface area contributed by atoms with Gasteiger partial charge in [0.15, 0.2) is 0 Å². The first-order chi connectivity index (χ1) is 12.4. The zero-order chi connectivity index (χ0) is 19.0. The summed E-state index contributed by atoms with van der Waals surface area (Å²) in [5, 5.41) is 0. The van der Waals surface area contributed by atoms with Gasteiger partial charge in [-0.05, 0) is 75.7 Å². The molecule has 0 aliphatic carbocycles. The van der Waals surface area contributed by atoms with E-state index in [-0.39, 0.29) is 0 Å². The van der Waals surface area contributed by atoms with Crippen LogP contribution in [0, 0.1) is 11.8 Å². The Morgan fingerprint density at radius 3 is 1.85 bits per heavy atom. The van der Waals surface area contributed by atoms with Crippen molar-refractivity contribution in [1.29, 1.82) is 0 Å². The predicted octanol–water partition coefficient (Wildman–Crippen LogP) is 5.19. The Labute approximate surface area is 155 Å². The van der Waals surface area contributed by atoms with Gasteiger partial charge in [0.05, 0.1) is 6.61 Å². The Morgan fingerprint density at radius 1 is 0.885 bits per heavy atom. The van der Waals surface area contributed by atoms with Crippen molar-refractivity contribution in [1.82, 2.24) is 0 Å². The quantitative estimate of drug-likeness (QED) is 0.431. The molecule has 4 nitrogen and oxygen atoms in total. The minimum atomic E-state index is -0.721. The van der Waals surface area contributed by atoms with Crippen molar-refractivity contribution < 1.29 is 19.0 Å². The van der Waals surface area contributed by atoms with Gasteiger partial charge in [0.2, 0.25) is 0 Å². The smallest absolute Gasteiger partial charge is 0.494 e. The summed E-state index contributed by atoms with van der Waals surface area (Å²) < 4.78 is 15.8. The summed E-state index contributed by atoms with van der Waals surface area (Å²) in [4.78, 5) is 11.6. The zero-order valence-electron chi connectivity index (χ0n) is 15.7. The molecule has 2 rings (SSSR count). The van der Waals surface area contributed by atoms with Crippen molar-refractivity contribution in [3.63, 3.8) is 0 Å². The fourth-order valence-electron chi connectivity index (χ4n) is 1.97. The average molecular weight is 352 g/mol. The summed E-state index contributed by atoms with van der Waals surface area (Å²) in [5.74, 6) is 7.44. The van der Waals surface area contributed by atoms with Crippen LogP contribution in [0.2, 0.25) is 0 Å². The Bertz CT molecular complexity index is 772. The number of ether oxygens (including phenoxy) is 3. The lowest BCUT2D eigenvalue weighted by Gasteiger charge is -2.18. The number of carbonyl (C=O) groups excluding carboxylic acids is 1. The molecule has 26 heavy (non-hydrogen) atoms. The first-order valence-corrected chi connectivity index (χ1v) is 8.61. The molecular weight excluding hydrogens is 328 g/mol. The fraction of sp³-hybridized carbons (Fsp3) is 0.318. The minimum Gasteiger partial charge on any atom is -0.494 e. The van der Waals surface area contributed by atoms with Crippen LogP contribution in [-0.2, 0) is 4.74 Å². The van der Waals surface area contributed by atoms with Gasteiger partial charge in [-0.3, -0.25) is 0 Å². The van der Waals surface area contributed by atoms with Crippen LogP contribution < -0.4 is 9.47 Å². The van der Waals surface area contributed by atoms with Crippen molar-refractivity contribution in [2.24, 2.45) is 0 Å². The summed E-state index contributed by atoms with van der Waals surface area (Å²) in [7, 11) is 0. The molecule has 0 N–H and O–H groups in total. The molecule has 0 bridgehead atoms. The van der Waals surface area contributed by atoms with Crippen LogP contribution in [0.1, 0.15) is 45.2 Å². The second-order valence-corrected chi connectivity index (χ2v) is 6.71. The number of rotatable bonds is 4. The minimum absolute atomic E-state index is 0.419. The van der Waals surface area contributed by atoms with Gasteiger partial charge >= 0.3 is 6.16 Å². The molecule has 0 atom stereocenters. The van der Waals surface area contributed by atoms with Crippen LogP contribution in [0.25, 0.3) is 0 Å². The van der Waals surface area contributed by atoms with E-state index in [1.807, 2.05) is 24.3 Å². The molecule has 0 aliphatic rings. The Balaban J connectivity index is 1.95. The normalized spacial score (nSPS) is 10.5. The van der Waals surface area contributed by atoms with E-state index in [4.69, 9.17) is 14.2 Å². The maximum atomic E-state index is 11.6. The van der Waals surface area contributed by atoms with Crippen molar-refractivity contribution in [2.75, 3.05) is 6.61 Å². The lowest BCUT2D eigenvalue weighted by molar-refractivity contribution is 0.0206. The van der Waals surface area contributed by atoms with Crippen LogP contribution in [0.3, 0.4) is 0 Å². The fourth-order valence-corrected chi connectivity index (χ4v) is 1.97. The summed E-state index contributed by atoms with van der Waals surface area (Å²) in [6.07, 6.45) is 0.261. The highest BCUT2D eigenvalue weighted by Crippen LogP contribution is 2.15. The van der Waals surface area contributed by atoms with Crippen molar-refractivity contribution in [3.8, 4) is 23.3 Å². The second-order valence-electron chi connectivity index (χ2n) is 6.71. The molecule has 0 radical (unpaired) electrons. The van der Waals surface area contributed by atoms with Gasteiger partial charge in [0.1, 0.15) is 17.1 Å². The molecule has 0 spiro atoms. The Kier molecular flexibility index (Phi) is 6.68. The third kappa shape index (κ3) is 6.90. The SMILES string of the molecule is CCCOc1ccc(C#Cc2ccc(OC(=O)OC(C)(C)C)cc2)cc1. The molecule has 0 fully saturated rings. The molecule has 2 aromatic carbocycles. The number of benzene rings is 2. The third-order valence-corrected chi connectivity index (χ3v) is 3.12. The van der Waals surface area contributed by atoms with Crippen LogP contribution in [0.5, 0.6) is 11.5 Å². The van der Waals surface area contributed by atoms with E-state index in [1.54, 1.807) is 45.0 Å². The van der Waals surface area contributed by atoms with E-state index >= 15 is 0 Å². The lowest BCUT2D eigenvalue weighted by atomic mass is 10.2. The average Bonchev–Trinajstić information content (AvgIpc) is 2.58. The molecule has 136 valence electrons. The number of hydrogen-bond donors (Lipinski definition) is 0. The summed E-state index contributed by atoms with van der Waals surface area (Å²) in [6, 6.07) is 14.7. The molecule has 0 heterocycles. The maximum Gasteiger partial charge on any atom is 0.514 e. The topological polar surface area (TPSA) is 44.8 Å². The molecule has 0 aliphatic heterocycles. The van der Waals surface area contributed by atoms with Gasteiger partial charge in [-0.15, -0.1) is 0 Å². The molecule has 0 saturated heterocycles. The van der Waals surface area contributed by atoms with E-state index < -0.39 is 11.8 Å². The van der Waals surface area contributed by atoms with Crippen molar-refractivity contribution in [2.45, 2.75) is 39.7 Å². The third-order valence-electron chi connectivity index (χ3n) is 3.12. The lowest BCUT2D eigenvalue weighted by Crippen LogP contribution is -2.25. The summed E-state index contributed by atoms with van der Waals surface area (Å²) in [6.45, 7) is 8.15. The molecule has 0 unspecified atom stereocenters. The molecule has 0 saturated carbocycles. The van der Waals surface area contributed by atoms with Crippen LogP contribution in [0.15, 0.2) is 48.5 Å². The number of carbonyl (C=O) groups is 1. The highest BCUT2D eigenvalue weighted by Gasteiger charge is 2.17. The number of hydrogen-bond acceptors (Lipinski definition) is 4. The first kappa shape index (κ1) is 19.4. The standard InChI is InChI=1S/C22H24O4/c1-5-16-24-19-12-8-17(9-13-19)6-7-18-10-14-20(15-11-18)25-21(23)26-22(2,3)4/h8-15H,5,16H2,1-4H3. The molecule has 2 aromatic rings. The first-order valence-electron chi connectivity index (χ1n) is 8.61. The molecular formula is C22H24O4. The van der Waals surface area contributed by atoms with E-state index in [1.165, 1.54) is 0 Å². The zero-order valence-corrected chi connectivity index (χ0v) is 15.7. The van der Waals surface area contributed by atoms with Gasteiger partial charge in [-0.2, -0.15) is 0 Å². The highest BCUT2D eigenvalue weighted by molar-refractivity contribution is 5.64. The monoisotopic (exact) mass is 352 g/mol. The predicted molar refractivity (Wildman–Crippen MR) is 102 cm³/mol. The summed E-state index contributed by atoms with van der Waals surface area (Å²) >= 11 is 0. The van der Waals surface area contributed by atoms with E-state index in [9.17, 15) is 4.79 Å². The molecule has 0 aromatic heterocycles. The van der Waals surface area contributed by atoms with E-state index in [0.29, 0.717) is 12.4 Å². The van der Waals surface area contributed by atoms with E-state index in [2.05, 4.69) is 18.8 Å². The molecule has 0 amide bonds. The van der Waals surface area contributed by atoms with E-state index in [0.717, 1.165) is 23.3 Å². The van der Waals surface area contributed by atoms with Gasteiger partial charge < -0.3 is 14.2 Å². The second kappa shape index (κ2) is 8.96. The van der Waals surface area contributed by atoms with Crippen LogP contribution in [0.4, 0.5) is 4.79 Å².